The Hall–Kier alpha value is -2.16. The number of fused-ring (bicyclic) bond motifs is 1. The van der Waals surface area contributed by atoms with Crippen molar-refractivity contribution in [1.82, 2.24) is 25.3 Å². The smallest absolute Gasteiger partial charge is 0.200 e. The largest absolute Gasteiger partial charge is 0.369 e. The molecule has 0 radical (unpaired) electrons. The van der Waals surface area contributed by atoms with E-state index in [-0.39, 0.29) is 0 Å². The van der Waals surface area contributed by atoms with Gasteiger partial charge in [0, 0.05) is 13.0 Å². The lowest BCUT2D eigenvalue weighted by atomic mass is 10.2. The van der Waals surface area contributed by atoms with Crippen LogP contribution in [0, 0.1) is 12.3 Å². The van der Waals surface area contributed by atoms with Crippen LogP contribution >= 0.6 is 0 Å². The third-order valence-electron chi connectivity index (χ3n) is 2.12. The molecule has 0 saturated carbocycles. The number of aromatic nitrogens is 5. The number of rotatable bonds is 5. The Balaban J connectivity index is 1.87. The number of terminal acetylenes is 1. The second-order valence-corrected chi connectivity index (χ2v) is 3.33. The molecule has 1 N–H and O–H groups in total. The average Bonchev–Trinajstić information content (AvgIpc) is 2.76. The molecular formula is C10H12N6. The summed E-state index contributed by atoms with van der Waals surface area (Å²) in [6, 6.07) is 3.67. The summed E-state index contributed by atoms with van der Waals surface area (Å²) in [4.78, 5) is 0. The van der Waals surface area contributed by atoms with Crippen LogP contribution in [0.3, 0.4) is 0 Å². The van der Waals surface area contributed by atoms with Crippen molar-refractivity contribution in [2.24, 2.45) is 0 Å². The number of unbranched alkanes of at least 4 members (excludes halogenated alkanes) is 2. The van der Waals surface area contributed by atoms with Crippen LogP contribution in [0.15, 0.2) is 12.1 Å². The Morgan fingerprint density at radius 2 is 2.31 bits per heavy atom. The van der Waals surface area contributed by atoms with Crippen molar-refractivity contribution in [3.05, 3.63) is 12.1 Å². The molecule has 0 aromatic carbocycles. The van der Waals surface area contributed by atoms with E-state index in [2.05, 4.69) is 31.9 Å². The maximum absolute atomic E-state index is 5.16. The van der Waals surface area contributed by atoms with E-state index < -0.39 is 0 Å². The lowest BCUT2D eigenvalue weighted by Gasteiger charge is -2.03. The Bertz CT molecular complexity index is 497. The molecule has 6 nitrogen and oxygen atoms in total. The summed E-state index contributed by atoms with van der Waals surface area (Å²) >= 11 is 0. The van der Waals surface area contributed by atoms with E-state index in [1.165, 1.54) is 4.63 Å². The van der Waals surface area contributed by atoms with Gasteiger partial charge in [-0.15, -0.1) is 27.2 Å². The fourth-order valence-electron chi connectivity index (χ4n) is 1.31. The first kappa shape index (κ1) is 10.4. The highest BCUT2D eigenvalue weighted by molar-refractivity contribution is 5.41. The van der Waals surface area contributed by atoms with E-state index in [1.807, 2.05) is 12.1 Å². The van der Waals surface area contributed by atoms with Crippen molar-refractivity contribution in [1.29, 1.82) is 0 Å². The van der Waals surface area contributed by atoms with Crippen LogP contribution in [0.5, 0.6) is 0 Å². The van der Waals surface area contributed by atoms with E-state index in [0.29, 0.717) is 5.65 Å². The minimum absolute atomic E-state index is 0.637. The number of anilines is 1. The zero-order valence-corrected chi connectivity index (χ0v) is 8.80. The van der Waals surface area contributed by atoms with E-state index in [9.17, 15) is 0 Å². The minimum Gasteiger partial charge on any atom is -0.369 e. The molecule has 2 rings (SSSR count). The summed E-state index contributed by atoms with van der Waals surface area (Å²) in [6.07, 6.45) is 8.04. The predicted molar refractivity (Wildman–Crippen MR) is 59.8 cm³/mol. The molecule has 0 aliphatic rings. The van der Waals surface area contributed by atoms with Crippen molar-refractivity contribution < 1.29 is 0 Å². The molecule has 82 valence electrons. The van der Waals surface area contributed by atoms with Gasteiger partial charge in [-0.05, 0) is 35.4 Å². The van der Waals surface area contributed by atoms with Gasteiger partial charge in [-0.25, -0.2) is 0 Å². The van der Waals surface area contributed by atoms with E-state index >= 15 is 0 Å². The van der Waals surface area contributed by atoms with E-state index in [0.717, 1.165) is 31.6 Å². The summed E-state index contributed by atoms with van der Waals surface area (Å²) in [5, 5.41) is 18.4. The number of nitrogens with one attached hydrogen (secondary N) is 1. The molecule has 0 aliphatic heterocycles. The Kier molecular flexibility index (Phi) is 3.28. The molecule has 16 heavy (non-hydrogen) atoms. The van der Waals surface area contributed by atoms with Crippen LogP contribution in [0.25, 0.3) is 5.65 Å². The molecule has 6 heteroatoms. The van der Waals surface area contributed by atoms with Gasteiger partial charge in [-0.2, -0.15) is 0 Å². The Morgan fingerprint density at radius 3 is 3.19 bits per heavy atom. The molecule has 0 fully saturated rings. The van der Waals surface area contributed by atoms with Gasteiger partial charge in [-0.1, -0.05) is 0 Å². The molecule has 0 aliphatic carbocycles. The lowest BCUT2D eigenvalue weighted by Crippen LogP contribution is -2.06. The second-order valence-electron chi connectivity index (χ2n) is 3.33. The van der Waals surface area contributed by atoms with Crippen LogP contribution in [0.4, 0.5) is 5.82 Å². The third kappa shape index (κ3) is 2.45. The molecule has 0 unspecified atom stereocenters. The highest BCUT2D eigenvalue weighted by Crippen LogP contribution is 2.03. The van der Waals surface area contributed by atoms with Gasteiger partial charge in [0.25, 0.3) is 0 Å². The zero-order valence-electron chi connectivity index (χ0n) is 8.80. The molecule has 2 aromatic heterocycles. The molecular weight excluding hydrogens is 204 g/mol. The third-order valence-corrected chi connectivity index (χ3v) is 2.12. The van der Waals surface area contributed by atoms with Gasteiger partial charge >= 0.3 is 0 Å². The molecule has 2 heterocycles. The minimum atomic E-state index is 0.637. The molecule has 0 atom stereocenters. The Labute approximate surface area is 93.0 Å². The van der Waals surface area contributed by atoms with Crippen molar-refractivity contribution in [3.8, 4) is 12.3 Å². The second kappa shape index (κ2) is 5.07. The molecule has 2 aromatic rings. The molecule has 0 spiro atoms. The first-order valence-electron chi connectivity index (χ1n) is 5.13. The van der Waals surface area contributed by atoms with Gasteiger partial charge in [0.2, 0.25) is 0 Å². The predicted octanol–water partition coefficient (Wildman–Crippen LogP) is 0.735. The van der Waals surface area contributed by atoms with Crippen LogP contribution in [0.1, 0.15) is 19.3 Å². The first-order valence-corrected chi connectivity index (χ1v) is 5.13. The van der Waals surface area contributed by atoms with Gasteiger partial charge in [0.15, 0.2) is 5.65 Å². The van der Waals surface area contributed by atoms with E-state index in [4.69, 9.17) is 6.42 Å². The highest BCUT2D eigenvalue weighted by Gasteiger charge is 1.99. The first-order chi connectivity index (χ1) is 7.90. The standard InChI is InChI=1S/C10H12N6/c1-2-3-4-5-8-11-9-6-7-10-12-14-15-16(10)13-9/h1,6-7H,3-5,8H2,(H,11,13). The highest BCUT2D eigenvalue weighted by atomic mass is 15.6. The van der Waals surface area contributed by atoms with Gasteiger partial charge in [0.1, 0.15) is 5.82 Å². The normalized spacial score (nSPS) is 10.2. The van der Waals surface area contributed by atoms with Crippen molar-refractivity contribution in [2.75, 3.05) is 11.9 Å². The zero-order chi connectivity index (χ0) is 11.2. The average molecular weight is 216 g/mol. The number of tetrazole rings is 1. The summed E-state index contributed by atoms with van der Waals surface area (Å²) in [7, 11) is 0. The van der Waals surface area contributed by atoms with Crippen LogP contribution < -0.4 is 5.32 Å². The van der Waals surface area contributed by atoms with Crippen LogP contribution in [-0.2, 0) is 0 Å². The number of hydrogen-bond donors (Lipinski definition) is 1. The fourth-order valence-corrected chi connectivity index (χ4v) is 1.31. The van der Waals surface area contributed by atoms with Crippen LogP contribution in [-0.4, -0.2) is 31.8 Å². The summed E-state index contributed by atoms with van der Waals surface area (Å²) in [6.45, 7) is 0.850. The van der Waals surface area contributed by atoms with Crippen LogP contribution in [0.2, 0.25) is 0 Å². The monoisotopic (exact) mass is 216 g/mol. The summed E-state index contributed by atoms with van der Waals surface area (Å²) in [5.41, 5.74) is 0.637. The van der Waals surface area contributed by atoms with E-state index in [1.54, 1.807) is 0 Å². The summed E-state index contributed by atoms with van der Waals surface area (Å²) < 4.78 is 1.39. The van der Waals surface area contributed by atoms with Gasteiger partial charge < -0.3 is 5.32 Å². The molecule has 0 saturated heterocycles. The van der Waals surface area contributed by atoms with Crippen molar-refractivity contribution in [3.63, 3.8) is 0 Å². The molecule has 0 bridgehead atoms. The van der Waals surface area contributed by atoms with Crippen molar-refractivity contribution in [2.45, 2.75) is 19.3 Å². The number of nitrogens with zero attached hydrogens (tertiary/aromatic N) is 5. The maximum atomic E-state index is 5.16. The number of hydrogen-bond acceptors (Lipinski definition) is 5. The fraction of sp³-hybridized carbons (Fsp3) is 0.400. The topological polar surface area (TPSA) is 68.0 Å². The van der Waals surface area contributed by atoms with Gasteiger partial charge in [0.05, 0.1) is 0 Å². The van der Waals surface area contributed by atoms with Crippen molar-refractivity contribution >= 4 is 11.5 Å². The van der Waals surface area contributed by atoms with Gasteiger partial charge in [-0.3, -0.25) is 0 Å². The lowest BCUT2D eigenvalue weighted by molar-refractivity contribution is 0.728. The maximum Gasteiger partial charge on any atom is 0.200 e. The quantitative estimate of drug-likeness (QED) is 0.589. The SMILES string of the molecule is C#CCCCCNc1ccc2nnnn2n1. The Morgan fingerprint density at radius 1 is 1.38 bits per heavy atom. The summed E-state index contributed by atoms with van der Waals surface area (Å²) in [5.74, 6) is 3.38. The molecule has 0 amide bonds.